The number of amides is 1. The smallest absolute Gasteiger partial charge is 0.269 e. The van der Waals surface area contributed by atoms with E-state index in [1.807, 2.05) is 29.6 Å². The Morgan fingerprint density at radius 2 is 2.00 bits per heavy atom. The fourth-order valence-electron chi connectivity index (χ4n) is 2.21. The second-order valence-electron chi connectivity index (χ2n) is 5.36. The highest BCUT2D eigenvalue weighted by molar-refractivity contribution is 7.14. The second kappa shape index (κ2) is 8.28. The van der Waals surface area contributed by atoms with Gasteiger partial charge in [0.15, 0.2) is 11.7 Å². The normalized spacial score (nSPS) is 10.3. The minimum atomic E-state index is -0.501. The third kappa shape index (κ3) is 4.79. The van der Waals surface area contributed by atoms with Gasteiger partial charge in [-0.25, -0.2) is 4.98 Å². The van der Waals surface area contributed by atoms with Gasteiger partial charge >= 0.3 is 0 Å². The quantitative estimate of drug-likeness (QED) is 0.491. The molecule has 0 saturated carbocycles. The van der Waals surface area contributed by atoms with Crippen LogP contribution < -0.4 is 14.8 Å². The molecule has 0 atom stereocenters. The predicted molar refractivity (Wildman–Crippen MR) is 101 cm³/mol. The SMILES string of the molecule is COc1cccc(-c2csc(NC(=O)COc3ccc([N+](=O)[O-])cc3)n2)c1. The fourth-order valence-corrected chi connectivity index (χ4v) is 2.95. The number of hydrogen-bond acceptors (Lipinski definition) is 7. The van der Waals surface area contributed by atoms with Crippen LogP contribution >= 0.6 is 11.3 Å². The minimum absolute atomic E-state index is 0.0420. The number of methoxy groups -OCH3 is 1. The Kier molecular flexibility index (Phi) is 5.62. The van der Waals surface area contributed by atoms with Crippen LogP contribution in [0.2, 0.25) is 0 Å². The number of non-ortho nitro benzene ring substituents is 1. The Balaban J connectivity index is 1.56. The molecule has 0 unspecified atom stereocenters. The zero-order valence-corrected chi connectivity index (χ0v) is 15.1. The van der Waals surface area contributed by atoms with Gasteiger partial charge < -0.3 is 9.47 Å². The van der Waals surface area contributed by atoms with E-state index in [0.717, 1.165) is 17.0 Å². The monoisotopic (exact) mass is 385 g/mol. The van der Waals surface area contributed by atoms with E-state index in [0.29, 0.717) is 10.9 Å². The number of benzene rings is 2. The number of nitro benzene ring substituents is 1. The Morgan fingerprint density at radius 1 is 1.22 bits per heavy atom. The molecule has 0 bridgehead atoms. The largest absolute Gasteiger partial charge is 0.497 e. The van der Waals surface area contributed by atoms with Crippen LogP contribution in [0.25, 0.3) is 11.3 Å². The molecule has 0 aliphatic carbocycles. The van der Waals surface area contributed by atoms with E-state index in [9.17, 15) is 14.9 Å². The first-order valence-corrected chi connectivity index (χ1v) is 8.70. The molecule has 9 heteroatoms. The van der Waals surface area contributed by atoms with Crippen molar-refractivity contribution >= 4 is 28.1 Å². The van der Waals surface area contributed by atoms with Gasteiger partial charge in [-0.3, -0.25) is 20.2 Å². The summed E-state index contributed by atoms with van der Waals surface area (Å²) in [6, 6.07) is 13.0. The molecular weight excluding hydrogens is 370 g/mol. The van der Waals surface area contributed by atoms with Gasteiger partial charge in [0.2, 0.25) is 0 Å². The van der Waals surface area contributed by atoms with E-state index in [1.54, 1.807) is 7.11 Å². The molecule has 3 rings (SSSR count). The van der Waals surface area contributed by atoms with E-state index in [2.05, 4.69) is 10.3 Å². The van der Waals surface area contributed by atoms with E-state index >= 15 is 0 Å². The summed E-state index contributed by atoms with van der Waals surface area (Å²) in [7, 11) is 1.59. The molecule has 1 aromatic heterocycles. The molecule has 0 aliphatic heterocycles. The van der Waals surface area contributed by atoms with E-state index in [4.69, 9.17) is 9.47 Å². The summed E-state index contributed by atoms with van der Waals surface area (Å²) in [5.74, 6) is 0.717. The second-order valence-corrected chi connectivity index (χ2v) is 6.22. The maximum Gasteiger partial charge on any atom is 0.269 e. The summed E-state index contributed by atoms with van der Waals surface area (Å²) in [4.78, 5) is 26.5. The fraction of sp³-hybridized carbons (Fsp3) is 0.111. The van der Waals surface area contributed by atoms with Crippen molar-refractivity contribution in [3.8, 4) is 22.8 Å². The van der Waals surface area contributed by atoms with Gasteiger partial charge in [-0.15, -0.1) is 11.3 Å². The van der Waals surface area contributed by atoms with Crippen molar-refractivity contribution in [2.24, 2.45) is 0 Å². The molecule has 0 radical (unpaired) electrons. The van der Waals surface area contributed by atoms with Gasteiger partial charge in [-0.05, 0) is 24.3 Å². The predicted octanol–water partition coefficient (Wildman–Crippen LogP) is 3.74. The van der Waals surface area contributed by atoms with E-state index in [-0.39, 0.29) is 18.2 Å². The third-order valence-corrected chi connectivity index (χ3v) is 4.29. The van der Waals surface area contributed by atoms with Crippen LogP contribution in [0.4, 0.5) is 10.8 Å². The molecular formula is C18H15N3O5S. The van der Waals surface area contributed by atoms with Gasteiger partial charge in [-0.2, -0.15) is 0 Å². The number of carbonyl (C=O) groups is 1. The molecule has 3 aromatic rings. The van der Waals surface area contributed by atoms with E-state index < -0.39 is 4.92 Å². The van der Waals surface area contributed by atoms with Gasteiger partial charge in [0, 0.05) is 23.1 Å². The Bertz CT molecular complexity index is 956. The average Bonchev–Trinajstić information content (AvgIpc) is 3.15. The number of thiazole rings is 1. The van der Waals surface area contributed by atoms with Crippen LogP contribution in [0.5, 0.6) is 11.5 Å². The highest BCUT2D eigenvalue weighted by Gasteiger charge is 2.10. The molecule has 0 saturated heterocycles. The minimum Gasteiger partial charge on any atom is -0.497 e. The number of nitrogens with one attached hydrogen (secondary N) is 1. The van der Waals surface area contributed by atoms with Crippen molar-refractivity contribution in [3.63, 3.8) is 0 Å². The molecule has 1 amide bonds. The summed E-state index contributed by atoms with van der Waals surface area (Å²) in [5.41, 5.74) is 1.57. The lowest BCUT2D eigenvalue weighted by molar-refractivity contribution is -0.384. The van der Waals surface area contributed by atoms with Gasteiger partial charge in [-0.1, -0.05) is 12.1 Å². The van der Waals surface area contributed by atoms with Crippen LogP contribution in [0.3, 0.4) is 0 Å². The molecule has 2 aromatic carbocycles. The number of aromatic nitrogens is 1. The summed E-state index contributed by atoms with van der Waals surface area (Å²) in [6.07, 6.45) is 0. The van der Waals surface area contributed by atoms with Crippen LogP contribution in [-0.4, -0.2) is 29.5 Å². The van der Waals surface area contributed by atoms with Crippen LogP contribution in [0.1, 0.15) is 0 Å². The number of nitro groups is 1. The highest BCUT2D eigenvalue weighted by atomic mass is 32.1. The number of anilines is 1. The van der Waals surface area contributed by atoms with Gasteiger partial charge in [0.25, 0.3) is 11.6 Å². The highest BCUT2D eigenvalue weighted by Crippen LogP contribution is 2.27. The topological polar surface area (TPSA) is 104 Å². The molecule has 0 fully saturated rings. The standard InChI is InChI=1S/C18H15N3O5S/c1-25-15-4-2-3-12(9-15)16-11-27-18(19-16)20-17(22)10-26-14-7-5-13(6-8-14)21(23)24/h2-9,11H,10H2,1H3,(H,19,20,22). The Labute approximate surface area is 158 Å². The molecule has 8 nitrogen and oxygen atoms in total. The number of ether oxygens (including phenoxy) is 2. The molecule has 1 N–H and O–H groups in total. The number of hydrogen-bond donors (Lipinski definition) is 1. The summed E-state index contributed by atoms with van der Waals surface area (Å²) in [6.45, 7) is -0.230. The third-order valence-electron chi connectivity index (χ3n) is 3.53. The summed E-state index contributed by atoms with van der Waals surface area (Å²) >= 11 is 1.30. The molecule has 0 spiro atoms. The maximum absolute atomic E-state index is 12.0. The van der Waals surface area contributed by atoms with Gasteiger partial charge in [0.05, 0.1) is 17.7 Å². The first-order chi connectivity index (χ1) is 13.0. The van der Waals surface area contributed by atoms with Crippen molar-refractivity contribution in [2.75, 3.05) is 19.0 Å². The zero-order valence-electron chi connectivity index (χ0n) is 14.2. The first-order valence-electron chi connectivity index (χ1n) is 7.82. The zero-order chi connectivity index (χ0) is 19.2. The van der Waals surface area contributed by atoms with Crippen molar-refractivity contribution < 1.29 is 19.2 Å². The maximum atomic E-state index is 12.0. The summed E-state index contributed by atoms with van der Waals surface area (Å²) in [5, 5.41) is 15.6. The van der Waals surface area contributed by atoms with Crippen LogP contribution in [-0.2, 0) is 4.79 Å². The van der Waals surface area contributed by atoms with Crippen molar-refractivity contribution in [1.82, 2.24) is 4.98 Å². The molecule has 138 valence electrons. The van der Waals surface area contributed by atoms with Gasteiger partial charge in [0.1, 0.15) is 11.5 Å². The van der Waals surface area contributed by atoms with Crippen LogP contribution in [0, 0.1) is 10.1 Å². The van der Waals surface area contributed by atoms with E-state index in [1.165, 1.54) is 35.6 Å². The number of carbonyl (C=O) groups excluding carboxylic acids is 1. The lowest BCUT2D eigenvalue weighted by Gasteiger charge is -2.05. The molecule has 27 heavy (non-hydrogen) atoms. The Hall–Kier alpha value is -3.46. The van der Waals surface area contributed by atoms with Crippen molar-refractivity contribution in [2.45, 2.75) is 0 Å². The number of rotatable bonds is 7. The first kappa shape index (κ1) is 18.3. The average molecular weight is 385 g/mol. The molecule has 0 aliphatic rings. The summed E-state index contributed by atoms with van der Waals surface area (Å²) < 4.78 is 10.5. The lowest BCUT2D eigenvalue weighted by Crippen LogP contribution is -2.20. The number of nitrogens with zero attached hydrogens (tertiary/aromatic N) is 2. The van der Waals surface area contributed by atoms with Crippen molar-refractivity contribution in [3.05, 3.63) is 64.0 Å². The lowest BCUT2D eigenvalue weighted by atomic mass is 10.2. The van der Waals surface area contributed by atoms with Crippen molar-refractivity contribution in [1.29, 1.82) is 0 Å². The molecule has 1 heterocycles. The van der Waals surface area contributed by atoms with Crippen LogP contribution in [0.15, 0.2) is 53.9 Å². The Morgan fingerprint density at radius 3 is 2.70 bits per heavy atom.